The van der Waals surface area contributed by atoms with E-state index < -0.39 is 0 Å². The van der Waals surface area contributed by atoms with Gasteiger partial charge in [-0.1, -0.05) is 0 Å². The molecule has 0 aromatic carbocycles. The van der Waals surface area contributed by atoms with Gasteiger partial charge in [0.1, 0.15) is 6.33 Å². The lowest BCUT2D eigenvalue weighted by atomic mass is 10.0. The number of amides is 1. The number of hydrogen-bond donors (Lipinski definition) is 2. The highest BCUT2D eigenvalue weighted by Crippen LogP contribution is 2.27. The monoisotopic (exact) mass is 394 g/mol. The number of aromatic nitrogens is 5. The van der Waals surface area contributed by atoms with E-state index in [1.54, 1.807) is 29.3 Å². The van der Waals surface area contributed by atoms with Crippen molar-refractivity contribution in [3.8, 4) is 0 Å². The Morgan fingerprint density at radius 3 is 2.90 bits per heavy atom. The van der Waals surface area contributed by atoms with Gasteiger partial charge in [0, 0.05) is 38.1 Å². The Labute approximate surface area is 169 Å². The Bertz CT molecular complexity index is 1030. The SMILES string of the molecule is Cn1nc(Nc2cncc(C(=O)NCCN3CCCC3(C)C)c2)c2cncnc21. The van der Waals surface area contributed by atoms with E-state index in [1.165, 1.54) is 19.2 Å². The molecule has 29 heavy (non-hydrogen) atoms. The number of nitrogens with zero attached hydrogens (tertiary/aromatic N) is 6. The molecular formula is C20H26N8O. The van der Waals surface area contributed by atoms with Crippen molar-refractivity contribution in [3.05, 3.63) is 36.5 Å². The Balaban J connectivity index is 1.41. The van der Waals surface area contributed by atoms with Crippen LogP contribution in [0, 0.1) is 0 Å². The Morgan fingerprint density at radius 2 is 2.10 bits per heavy atom. The predicted molar refractivity (Wildman–Crippen MR) is 111 cm³/mol. The van der Waals surface area contributed by atoms with Crippen LogP contribution in [-0.2, 0) is 7.05 Å². The molecule has 0 unspecified atom stereocenters. The number of aryl methyl sites for hydroxylation is 1. The van der Waals surface area contributed by atoms with Crippen LogP contribution in [0.2, 0.25) is 0 Å². The molecule has 2 N–H and O–H groups in total. The molecule has 1 saturated heterocycles. The van der Waals surface area contributed by atoms with Gasteiger partial charge in [-0.25, -0.2) is 14.6 Å². The first-order valence-corrected chi connectivity index (χ1v) is 9.82. The summed E-state index contributed by atoms with van der Waals surface area (Å²) < 4.78 is 1.68. The van der Waals surface area contributed by atoms with E-state index in [2.05, 4.69) is 49.4 Å². The predicted octanol–water partition coefficient (Wildman–Crippen LogP) is 2.11. The normalized spacial score (nSPS) is 16.2. The molecule has 9 nitrogen and oxygen atoms in total. The second kappa shape index (κ2) is 7.75. The van der Waals surface area contributed by atoms with Crippen molar-refractivity contribution in [1.82, 2.24) is 34.9 Å². The highest BCUT2D eigenvalue weighted by Gasteiger charge is 2.31. The first-order chi connectivity index (χ1) is 13.9. The second-order valence-electron chi connectivity index (χ2n) is 7.98. The maximum Gasteiger partial charge on any atom is 0.252 e. The number of fused-ring (bicyclic) bond motifs is 1. The summed E-state index contributed by atoms with van der Waals surface area (Å²) >= 11 is 0. The summed E-state index contributed by atoms with van der Waals surface area (Å²) in [4.78, 5) is 27.5. The maximum atomic E-state index is 12.6. The molecule has 152 valence electrons. The van der Waals surface area contributed by atoms with Gasteiger partial charge in [-0.3, -0.25) is 14.7 Å². The van der Waals surface area contributed by atoms with Crippen LogP contribution in [0.25, 0.3) is 11.0 Å². The van der Waals surface area contributed by atoms with Gasteiger partial charge in [0.15, 0.2) is 11.5 Å². The zero-order valence-corrected chi connectivity index (χ0v) is 17.0. The highest BCUT2D eigenvalue weighted by atomic mass is 16.1. The fourth-order valence-electron chi connectivity index (χ4n) is 3.85. The van der Waals surface area contributed by atoms with Crippen molar-refractivity contribution in [2.24, 2.45) is 7.05 Å². The average Bonchev–Trinajstić information content (AvgIpc) is 3.21. The number of pyridine rings is 1. The van der Waals surface area contributed by atoms with Gasteiger partial charge in [0.05, 0.1) is 22.8 Å². The fourth-order valence-corrected chi connectivity index (χ4v) is 3.85. The quantitative estimate of drug-likeness (QED) is 0.660. The lowest BCUT2D eigenvalue weighted by Crippen LogP contribution is -2.43. The summed E-state index contributed by atoms with van der Waals surface area (Å²) in [7, 11) is 1.82. The lowest BCUT2D eigenvalue weighted by molar-refractivity contribution is 0.0940. The summed E-state index contributed by atoms with van der Waals surface area (Å²) in [5.74, 6) is 0.492. The van der Waals surface area contributed by atoms with E-state index in [1.807, 2.05) is 7.05 Å². The van der Waals surface area contributed by atoms with E-state index in [9.17, 15) is 4.79 Å². The number of anilines is 2. The zero-order valence-electron chi connectivity index (χ0n) is 17.0. The van der Waals surface area contributed by atoms with E-state index in [4.69, 9.17) is 0 Å². The molecule has 0 saturated carbocycles. The van der Waals surface area contributed by atoms with Crippen LogP contribution < -0.4 is 10.6 Å². The molecule has 3 aromatic rings. The van der Waals surface area contributed by atoms with Crippen molar-refractivity contribution in [2.45, 2.75) is 32.2 Å². The first-order valence-electron chi connectivity index (χ1n) is 9.82. The summed E-state index contributed by atoms with van der Waals surface area (Å²) in [5.41, 5.74) is 2.13. The number of carbonyl (C=O) groups excluding carboxylic acids is 1. The highest BCUT2D eigenvalue weighted by molar-refractivity contribution is 5.95. The molecule has 9 heteroatoms. The van der Waals surface area contributed by atoms with Gasteiger partial charge >= 0.3 is 0 Å². The van der Waals surface area contributed by atoms with Crippen molar-refractivity contribution < 1.29 is 4.79 Å². The van der Waals surface area contributed by atoms with Gasteiger partial charge in [0.25, 0.3) is 5.91 Å². The Hall–Kier alpha value is -3.07. The summed E-state index contributed by atoms with van der Waals surface area (Å²) in [5, 5.41) is 11.5. The third-order valence-electron chi connectivity index (χ3n) is 5.51. The lowest BCUT2D eigenvalue weighted by Gasteiger charge is -2.31. The molecule has 4 heterocycles. The second-order valence-corrected chi connectivity index (χ2v) is 7.98. The molecular weight excluding hydrogens is 368 g/mol. The van der Waals surface area contributed by atoms with Crippen LogP contribution in [0.15, 0.2) is 31.0 Å². The molecule has 1 amide bonds. The van der Waals surface area contributed by atoms with Crippen molar-refractivity contribution in [2.75, 3.05) is 25.0 Å². The standard InChI is InChI=1S/C20H26N8O/c1-20(2)5-4-7-28(20)8-6-23-19(29)14-9-15(11-21-10-14)25-17-16-12-22-13-24-18(16)27(3)26-17/h9-13H,4-8H2,1-3H3,(H,23,29)(H,25,26). The van der Waals surface area contributed by atoms with Gasteiger partial charge in [-0.2, -0.15) is 5.10 Å². The molecule has 0 aliphatic carbocycles. The van der Waals surface area contributed by atoms with Crippen molar-refractivity contribution >= 4 is 28.4 Å². The minimum atomic E-state index is -0.132. The zero-order chi connectivity index (χ0) is 20.4. The minimum absolute atomic E-state index is 0.132. The fraction of sp³-hybridized carbons (Fsp3) is 0.450. The number of likely N-dealkylation sites (tertiary alicyclic amines) is 1. The Morgan fingerprint density at radius 1 is 1.24 bits per heavy atom. The molecule has 0 bridgehead atoms. The summed E-state index contributed by atoms with van der Waals surface area (Å²) in [6.07, 6.45) is 8.84. The largest absolute Gasteiger partial charge is 0.351 e. The molecule has 0 spiro atoms. The molecule has 0 radical (unpaired) electrons. The van der Waals surface area contributed by atoms with E-state index >= 15 is 0 Å². The molecule has 1 aliphatic rings. The van der Waals surface area contributed by atoms with Crippen LogP contribution >= 0.6 is 0 Å². The molecule has 4 rings (SSSR count). The van der Waals surface area contributed by atoms with Gasteiger partial charge in [-0.15, -0.1) is 0 Å². The van der Waals surface area contributed by atoms with Gasteiger partial charge < -0.3 is 10.6 Å². The van der Waals surface area contributed by atoms with Crippen LogP contribution in [0.1, 0.15) is 37.0 Å². The summed E-state index contributed by atoms with van der Waals surface area (Å²) in [6, 6.07) is 1.77. The summed E-state index contributed by atoms with van der Waals surface area (Å²) in [6.45, 7) is 7.07. The van der Waals surface area contributed by atoms with Crippen LogP contribution in [-0.4, -0.2) is 60.7 Å². The molecule has 1 fully saturated rings. The van der Waals surface area contributed by atoms with Gasteiger partial charge in [-0.05, 0) is 39.3 Å². The smallest absolute Gasteiger partial charge is 0.252 e. The third kappa shape index (κ3) is 4.04. The minimum Gasteiger partial charge on any atom is -0.351 e. The van der Waals surface area contributed by atoms with Crippen molar-refractivity contribution in [3.63, 3.8) is 0 Å². The number of carbonyl (C=O) groups is 1. The van der Waals surface area contributed by atoms with Crippen LogP contribution in [0.4, 0.5) is 11.5 Å². The topological polar surface area (TPSA) is 101 Å². The average molecular weight is 394 g/mol. The van der Waals surface area contributed by atoms with E-state index in [-0.39, 0.29) is 11.4 Å². The number of hydrogen-bond acceptors (Lipinski definition) is 7. The molecule has 1 aliphatic heterocycles. The number of nitrogens with one attached hydrogen (secondary N) is 2. The maximum absolute atomic E-state index is 12.6. The third-order valence-corrected chi connectivity index (χ3v) is 5.51. The van der Waals surface area contributed by atoms with E-state index in [0.29, 0.717) is 23.6 Å². The number of rotatable bonds is 6. The van der Waals surface area contributed by atoms with Crippen molar-refractivity contribution in [1.29, 1.82) is 0 Å². The van der Waals surface area contributed by atoms with E-state index in [0.717, 1.165) is 24.1 Å². The Kier molecular flexibility index (Phi) is 5.14. The van der Waals surface area contributed by atoms with Gasteiger partial charge in [0.2, 0.25) is 0 Å². The van der Waals surface area contributed by atoms with Crippen LogP contribution in [0.5, 0.6) is 0 Å². The first kappa shape index (κ1) is 19.3. The molecule has 3 aromatic heterocycles. The van der Waals surface area contributed by atoms with Crippen LogP contribution in [0.3, 0.4) is 0 Å². The molecule has 0 atom stereocenters.